The zero-order chi connectivity index (χ0) is 28.5. The minimum atomic E-state index is -0.169. The molecule has 1 aromatic carbocycles. The molecule has 11 nitrogen and oxygen atoms in total. The minimum Gasteiger partial charge on any atom is -0.476 e. The van der Waals surface area contributed by atoms with Crippen molar-refractivity contribution >= 4 is 39.7 Å². The van der Waals surface area contributed by atoms with Gasteiger partial charge in [-0.1, -0.05) is 29.8 Å². The number of carbonyl (C=O) groups excluding carboxylic acids is 1. The monoisotopic (exact) mass is 574 g/mol. The Balaban J connectivity index is 1.25. The average molecular weight is 575 g/mol. The Morgan fingerprint density at radius 1 is 1.10 bits per heavy atom. The van der Waals surface area contributed by atoms with Crippen molar-refractivity contribution in [1.82, 2.24) is 38.9 Å². The van der Waals surface area contributed by atoms with Gasteiger partial charge in [0.25, 0.3) is 0 Å². The fraction of sp³-hybridized carbons (Fsp3) is 0.345. The maximum atomic E-state index is 13.5. The van der Waals surface area contributed by atoms with Crippen LogP contribution in [0.15, 0.2) is 59.9 Å². The van der Waals surface area contributed by atoms with Crippen LogP contribution in [0.2, 0.25) is 5.02 Å². The van der Waals surface area contributed by atoms with Gasteiger partial charge in [-0.15, -0.1) is 0 Å². The van der Waals surface area contributed by atoms with Crippen LogP contribution >= 0.6 is 11.6 Å². The van der Waals surface area contributed by atoms with Crippen molar-refractivity contribution in [1.29, 1.82) is 0 Å². The first-order valence-corrected chi connectivity index (χ1v) is 14.0. The van der Waals surface area contributed by atoms with Gasteiger partial charge >= 0.3 is 5.69 Å². The van der Waals surface area contributed by atoms with E-state index in [0.29, 0.717) is 54.7 Å². The molecule has 6 rings (SSSR count). The number of benzene rings is 1. The van der Waals surface area contributed by atoms with Crippen LogP contribution in [0.3, 0.4) is 0 Å². The summed E-state index contributed by atoms with van der Waals surface area (Å²) < 4.78 is 9.69. The number of pyridine rings is 1. The molecule has 0 bridgehead atoms. The Labute approximate surface area is 241 Å². The Bertz CT molecular complexity index is 1770. The lowest BCUT2D eigenvalue weighted by molar-refractivity contribution is -0.133. The molecule has 1 aliphatic heterocycles. The second-order valence-corrected chi connectivity index (χ2v) is 10.9. The number of nitrogens with zero attached hydrogens (tertiary/aromatic N) is 7. The molecule has 0 spiro atoms. The van der Waals surface area contributed by atoms with Gasteiger partial charge < -0.3 is 19.1 Å². The van der Waals surface area contributed by atoms with Crippen LogP contribution in [0, 0.1) is 0 Å². The summed E-state index contributed by atoms with van der Waals surface area (Å²) in [5.41, 5.74) is 3.43. The van der Waals surface area contributed by atoms with E-state index in [1.54, 1.807) is 10.8 Å². The SMILES string of the molecule is CN(C)CCOc1ncnc2c1c(-c1ccccc1Cl)cn2CC(=O)N1CCC(n2c(=O)[nH]c3ncccc32)CC1. The minimum absolute atomic E-state index is 0.00153. The molecule has 0 atom stereocenters. The fourth-order valence-electron chi connectivity index (χ4n) is 5.47. The second kappa shape index (κ2) is 11.3. The number of rotatable bonds is 8. The van der Waals surface area contributed by atoms with Crippen molar-refractivity contribution in [2.45, 2.75) is 25.4 Å². The molecule has 4 aromatic heterocycles. The van der Waals surface area contributed by atoms with Crippen molar-refractivity contribution in [3.05, 3.63) is 70.6 Å². The van der Waals surface area contributed by atoms with E-state index >= 15 is 0 Å². The number of H-pyrrole nitrogens is 1. The number of hydrogen-bond acceptors (Lipinski definition) is 7. The summed E-state index contributed by atoms with van der Waals surface area (Å²) in [5, 5.41) is 1.31. The topological polar surface area (TPSA) is 114 Å². The van der Waals surface area contributed by atoms with E-state index in [1.165, 1.54) is 6.33 Å². The Morgan fingerprint density at radius 3 is 2.68 bits per heavy atom. The third kappa shape index (κ3) is 5.30. The highest BCUT2D eigenvalue weighted by molar-refractivity contribution is 6.33. The lowest BCUT2D eigenvalue weighted by Crippen LogP contribution is -2.41. The van der Waals surface area contributed by atoms with E-state index in [2.05, 4.69) is 19.9 Å². The number of imidazole rings is 1. The number of likely N-dealkylation sites (tertiary alicyclic amines) is 1. The molecule has 0 unspecified atom stereocenters. The van der Waals surface area contributed by atoms with Crippen LogP contribution in [0.5, 0.6) is 5.88 Å². The molecule has 1 amide bonds. The van der Waals surface area contributed by atoms with Crippen LogP contribution in [0.1, 0.15) is 18.9 Å². The molecule has 41 heavy (non-hydrogen) atoms. The van der Waals surface area contributed by atoms with Gasteiger partial charge in [0.1, 0.15) is 25.1 Å². The Morgan fingerprint density at radius 2 is 1.90 bits per heavy atom. The Hall–Kier alpha value is -4.22. The summed E-state index contributed by atoms with van der Waals surface area (Å²) in [4.78, 5) is 46.1. The number of fused-ring (bicyclic) bond motifs is 2. The number of likely N-dealkylation sites (N-methyl/N-ethyl adjacent to an activating group) is 1. The van der Waals surface area contributed by atoms with E-state index in [4.69, 9.17) is 16.3 Å². The number of carbonyl (C=O) groups is 1. The smallest absolute Gasteiger partial charge is 0.327 e. The fourth-order valence-corrected chi connectivity index (χ4v) is 5.71. The van der Waals surface area contributed by atoms with Gasteiger partial charge in [-0.2, -0.15) is 0 Å². The van der Waals surface area contributed by atoms with Gasteiger partial charge in [-0.25, -0.2) is 19.7 Å². The van der Waals surface area contributed by atoms with Crippen molar-refractivity contribution in [2.75, 3.05) is 40.3 Å². The third-order valence-corrected chi connectivity index (χ3v) is 7.87. The lowest BCUT2D eigenvalue weighted by Gasteiger charge is -2.32. The molecule has 1 fully saturated rings. The highest BCUT2D eigenvalue weighted by Crippen LogP contribution is 2.38. The summed E-state index contributed by atoms with van der Waals surface area (Å²) >= 11 is 6.59. The molecule has 1 saturated heterocycles. The molecule has 0 aliphatic carbocycles. The van der Waals surface area contributed by atoms with Crippen LogP contribution in [-0.2, 0) is 11.3 Å². The van der Waals surface area contributed by atoms with Crippen LogP contribution in [0.4, 0.5) is 0 Å². The van der Waals surface area contributed by atoms with Crippen molar-refractivity contribution < 1.29 is 9.53 Å². The Kier molecular flexibility index (Phi) is 7.46. The highest BCUT2D eigenvalue weighted by Gasteiger charge is 2.27. The quantitative estimate of drug-likeness (QED) is 0.301. The number of halogens is 1. The normalized spacial score (nSPS) is 14.4. The number of amides is 1. The molecule has 5 heterocycles. The highest BCUT2D eigenvalue weighted by atomic mass is 35.5. The van der Waals surface area contributed by atoms with Crippen molar-refractivity contribution in [3.8, 4) is 17.0 Å². The summed E-state index contributed by atoms with van der Waals surface area (Å²) in [6.45, 7) is 2.39. The lowest BCUT2D eigenvalue weighted by atomic mass is 10.0. The molecule has 1 N–H and O–H groups in total. The first kappa shape index (κ1) is 27.0. The molecule has 12 heteroatoms. The largest absolute Gasteiger partial charge is 0.476 e. The van der Waals surface area contributed by atoms with Gasteiger partial charge in [0.15, 0.2) is 5.65 Å². The summed E-state index contributed by atoms with van der Waals surface area (Å²) in [7, 11) is 3.96. The van der Waals surface area contributed by atoms with E-state index in [0.717, 1.165) is 28.6 Å². The number of nitrogens with one attached hydrogen (secondary N) is 1. The van der Waals surface area contributed by atoms with Crippen molar-refractivity contribution in [2.24, 2.45) is 0 Å². The number of hydrogen-bond donors (Lipinski definition) is 1. The standard InChI is InChI=1S/C29H31ClN8O3/c1-35(2)14-15-41-28-25-21(20-6-3-4-7-22(20)30)16-37(27(25)32-18-33-28)17-24(39)36-12-9-19(10-13-36)38-23-8-5-11-31-26(23)34-29(38)40/h3-8,11,16,18-19H,9-10,12-15,17H2,1-2H3,(H,31,34,40). The molecule has 0 radical (unpaired) electrons. The van der Waals surface area contributed by atoms with E-state index in [-0.39, 0.29) is 24.2 Å². The maximum absolute atomic E-state index is 13.5. The van der Waals surface area contributed by atoms with E-state index in [1.807, 2.05) is 71.1 Å². The van der Waals surface area contributed by atoms with Gasteiger partial charge in [0, 0.05) is 54.2 Å². The molecule has 0 saturated carbocycles. The van der Waals surface area contributed by atoms with Gasteiger partial charge in [-0.05, 0) is 45.1 Å². The predicted octanol–water partition coefficient (Wildman–Crippen LogP) is 3.59. The molecular formula is C29H31ClN8O3. The molecular weight excluding hydrogens is 544 g/mol. The summed E-state index contributed by atoms with van der Waals surface area (Å²) in [5.74, 6) is 0.435. The van der Waals surface area contributed by atoms with Crippen molar-refractivity contribution in [3.63, 3.8) is 0 Å². The first-order valence-electron chi connectivity index (χ1n) is 13.6. The van der Waals surface area contributed by atoms with Crippen LogP contribution in [0.25, 0.3) is 33.3 Å². The van der Waals surface area contributed by atoms with Crippen LogP contribution in [-0.4, -0.2) is 85.1 Å². The summed E-state index contributed by atoms with van der Waals surface area (Å²) in [6.07, 6.45) is 6.38. The number of aromatic nitrogens is 6. The number of aromatic amines is 1. The van der Waals surface area contributed by atoms with Gasteiger partial charge in [0.05, 0.1) is 10.9 Å². The van der Waals surface area contributed by atoms with E-state index < -0.39 is 0 Å². The molecule has 212 valence electrons. The maximum Gasteiger partial charge on any atom is 0.327 e. The zero-order valence-corrected chi connectivity index (χ0v) is 23.7. The molecule has 1 aliphatic rings. The summed E-state index contributed by atoms with van der Waals surface area (Å²) in [6, 6.07) is 11.3. The predicted molar refractivity (Wildman–Crippen MR) is 157 cm³/mol. The molecule has 5 aromatic rings. The van der Waals surface area contributed by atoms with Gasteiger partial charge in [-0.3, -0.25) is 14.3 Å². The van der Waals surface area contributed by atoms with Gasteiger partial charge in [0.2, 0.25) is 11.8 Å². The van der Waals surface area contributed by atoms with Crippen LogP contribution < -0.4 is 10.4 Å². The zero-order valence-electron chi connectivity index (χ0n) is 23.0. The second-order valence-electron chi connectivity index (χ2n) is 10.5. The average Bonchev–Trinajstić information content (AvgIpc) is 3.50. The van der Waals surface area contributed by atoms with E-state index in [9.17, 15) is 9.59 Å². The number of ether oxygens (including phenoxy) is 1. The third-order valence-electron chi connectivity index (χ3n) is 7.54. The first-order chi connectivity index (χ1) is 19.9. The number of piperidine rings is 1.